The summed E-state index contributed by atoms with van der Waals surface area (Å²) >= 11 is 0. The van der Waals surface area contributed by atoms with Crippen molar-refractivity contribution in [2.45, 2.75) is 25.8 Å². The SMILES string of the molecule is Cc1cccc(/C=C/C(=O)N2CCCC2c2nc3ccccc3[nH]2)c1. The molecule has 4 rings (SSSR count). The average molecular weight is 331 g/mol. The Balaban J connectivity index is 1.55. The first-order chi connectivity index (χ1) is 12.2. The molecule has 126 valence electrons. The highest BCUT2D eigenvalue weighted by atomic mass is 16.2. The molecule has 1 saturated heterocycles. The molecule has 0 bridgehead atoms. The van der Waals surface area contributed by atoms with E-state index < -0.39 is 0 Å². The number of benzene rings is 2. The van der Waals surface area contributed by atoms with Crippen molar-refractivity contribution in [2.24, 2.45) is 0 Å². The van der Waals surface area contributed by atoms with Crippen molar-refractivity contribution in [3.63, 3.8) is 0 Å². The molecule has 0 saturated carbocycles. The third-order valence-corrected chi connectivity index (χ3v) is 4.72. The Hall–Kier alpha value is -2.88. The number of rotatable bonds is 3. The molecule has 25 heavy (non-hydrogen) atoms. The third-order valence-electron chi connectivity index (χ3n) is 4.72. The summed E-state index contributed by atoms with van der Waals surface area (Å²) < 4.78 is 0. The number of hydrogen-bond acceptors (Lipinski definition) is 2. The number of likely N-dealkylation sites (tertiary alicyclic amines) is 1. The van der Waals surface area contributed by atoms with E-state index in [9.17, 15) is 4.79 Å². The van der Waals surface area contributed by atoms with Gasteiger partial charge in [-0.05, 0) is 43.5 Å². The molecule has 1 atom stereocenters. The first-order valence-corrected chi connectivity index (χ1v) is 8.71. The predicted molar refractivity (Wildman–Crippen MR) is 100.0 cm³/mol. The molecule has 1 unspecified atom stereocenters. The monoisotopic (exact) mass is 331 g/mol. The summed E-state index contributed by atoms with van der Waals surface area (Å²) in [4.78, 5) is 22.7. The summed E-state index contributed by atoms with van der Waals surface area (Å²) in [6.07, 6.45) is 5.52. The topological polar surface area (TPSA) is 49.0 Å². The van der Waals surface area contributed by atoms with Gasteiger partial charge in [-0.2, -0.15) is 0 Å². The first kappa shape index (κ1) is 15.6. The van der Waals surface area contributed by atoms with Crippen LogP contribution in [0.5, 0.6) is 0 Å². The fraction of sp³-hybridized carbons (Fsp3) is 0.238. The minimum absolute atomic E-state index is 0.0297. The number of aromatic nitrogens is 2. The number of para-hydroxylation sites is 2. The second kappa shape index (κ2) is 6.55. The summed E-state index contributed by atoms with van der Waals surface area (Å²) in [7, 11) is 0. The van der Waals surface area contributed by atoms with Crippen LogP contribution < -0.4 is 0 Å². The van der Waals surface area contributed by atoms with Gasteiger partial charge in [0.1, 0.15) is 5.82 Å². The highest BCUT2D eigenvalue weighted by molar-refractivity contribution is 5.92. The molecule has 4 heteroatoms. The number of carbonyl (C=O) groups excluding carboxylic acids is 1. The zero-order valence-corrected chi connectivity index (χ0v) is 14.3. The van der Waals surface area contributed by atoms with Crippen molar-refractivity contribution >= 4 is 23.0 Å². The van der Waals surface area contributed by atoms with Gasteiger partial charge in [-0.3, -0.25) is 4.79 Å². The number of carbonyl (C=O) groups is 1. The van der Waals surface area contributed by atoms with Crippen LogP contribution in [0.15, 0.2) is 54.6 Å². The van der Waals surface area contributed by atoms with Crippen molar-refractivity contribution in [1.29, 1.82) is 0 Å². The summed E-state index contributed by atoms with van der Waals surface area (Å²) in [6.45, 7) is 2.83. The lowest BCUT2D eigenvalue weighted by Crippen LogP contribution is -2.29. The fourth-order valence-electron chi connectivity index (χ4n) is 3.48. The third kappa shape index (κ3) is 3.20. The molecule has 1 aromatic heterocycles. The zero-order chi connectivity index (χ0) is 17.2. The van der Waals surface area contributed by atoms with Crippen LogP contribution in [0, 0.1) is 6.92 Å². The van der Waals surface area contributed by atoms with Crippen LogP contribution in [0.2, 0.25) is 0 Å². The molecule has 1 amide bonds. The molecule has 0 spiro atoms. The van der Waals surface area contributed by atoms with E-state index in [1.165, 1.54) is 5.56 Å². The number of aromatic amines is 1. The minimum atomic E-state index is 0.0297. The van der Waals surface area contributed by atoms with E-state index in [4.69, 9.17) is 0 Å². The second-order valence-corrected chi connectivity index (χ2v) is 6.58. The largest absolute Gasteiger partial charge is 0.340 e. The normalized spacial score (nSPS) is 17.6. The van der Waals surface area contributed by atoms with E-state index in [0.29, 0.717) is 0 Å². The van der Waals surface area contributed by atoms with Gasteiger partial charge >= 0.3 is 0 Å². The first-order valence-electron chi connectivity index (χ1n) is 8.71. The van der Waals surface area contributed by atoms with Crippen LogP contribution in [0.25, 0.3) is 17.1 Å². The molecule has 1 fully saturated rings. The molecule has 1 N–H and O–H groups in total. The van der Waals surface area contributed by atoms with E-state index >= 15 is 0 Å². The van der Waals surface area contributed by atoms with Gasteiger partial charge in [0.2, 0.25) is 5.91 Å². The number of fused-ring (bicyclic) bond motifs is 1. The summed E-state index contributed by atoms with van der Waals surface area (Å²) in [6, 6.07) is 16.2. The Bertz CT molecular complexity index is 908. The molecule has 3 aromatic rings. The molecule has 0 radical (unpaired) electrons. The Labute approximate surface area is 147 Å². The molecular weight excluding hydrogens is 310 g/mol. The average Bonchev–Trinajstić information content (AvgIpc) is 3.26. The van der Waals surface area contributed by atoms with Gasteiger partial charge in [-0.1, -0.05) is 42.0 Å². The number of nitrogens with one attached hydrogen (secondary N) is 1. The van der Waals surface area contributed by atoms with Gasteiger partial charge in [0, 0.05) is 12.6 Å². The van der Waals surface area contributed by atoms with Gasteiger partial charge in [-0.25, -0.2) is 4.98 Å². The number of H-pyrrole nitrogens is 1. The maximum Gasteiger partial charge on any atom is 0.247 e. The van der Waals surface area contributed by atoms with Gasteiger partial charge < -0.3 is 9.88 Å². The molecular formula is C21H21N3O. The Morgan fingerprint density at radius 2 is 2.12 bits per heavy atom. The zero-order valence-electron chi connectivity index (χ0n) is 14.3. The van der Waals surface area contributed by atoms with Crippen LogP contribution >= 0.6 is 0 Å². The van der Waals surface area contributed by atoms with Crippen molar-refractivity contribution in [2.75, 3.05) is 6.54 Å². The van der Waals surface area contributed by atoms with Crippen LogP contribution in [0.3, 0.4) is 0 Å². The summed E-state index contributed by atoms with van der Waals surface area (Å²) in [5, 5.41) is 0. The lowest BCUT2D eigenvalue weighted by molar-refractivity contribution is -0.126. The Morgan fingerprint density at radius 1 is 1.24 bits per heavy atom. The van der Waals surface area contributed by atoms with E-state index in [-0.39, 0.29) is 11.9 Å². The van der Waals surface area contributed by atoms with Crippen molar-refractivity contribution in [1.82, 2.24) is 14.9 Å². The maximum atomic E-state index is 12.7. The maximum absolute atomic E-state index is 12.7. The number of imidazole rings is 1. The lowest BCUT2D eigenvalue weighted by Gasteiger charge is -2.21. The number of aryl methyl sites for hydroxylation is 1. The molecule has 2 heterocycles. The number of amides is 1. The van der Waals surface area contributed by atoms with Crippen LogP contribution in [-0.2, 0) is 4.79 Å². The summed E-state index contributed by atoms with van der Waals surface area (Å²) in [5.74, 6) is 0.931. The van der Waals surface area contributed by atoms with E-state index in [0.717, 1.165) is 41.8 Å². The van der Waals surface area contributed by atoms with Gasteiger partial charge in [0.25, 0.3) is 0 Å². The van der Waals surface area contributed by atoms with Gasteiger partial charge in [-0.15, -0.1) is 0 Å². The smallest absolute Gasteiger partial charge is 0.247 e. The molecule has 1 aliphatic rings. The highest BCUT2D eigenvalue weighted by Gasteiger charge is 2.30. The summed E-state index contributed by atoms with van der Waals surface area (Å²) in [5.41, 5.74) is 4.21. The molecule has 0 aliphatic carbocycles. The second-order valence-electron chi connectivity index (χ2n) is 6.58. The molecule has 1 aliphatic heterocycles. The van der Waals surface area contributed by atoms with E-state index in [2.05, 4.69) is 29.0 Å². The fourth-order valence-corrected chi connectivity index (χ4v) is 3.48. The Morgan fingerprint density at radius 3 is 2.96 bits per heavy atom. The lowest BCUT2D eigenvalue weighted by atomic mass is 10.1. The number of hydrogen-bond donors (Lipinski definition) is 1. The van der Waals surface area contributed by atoms with Crippen molar-refractivity contribution in [3.8, 4) is 0 Å². The van der Waals surface area contributed by atoms with Gasteiger partial charge in [0.05, 0.1) is 17.1 Å². The van der Waals surface area contributed by atoms with Crippen molar-refractivity contribution in [3.05, 3.63) is 71.6 Å². The Kier molecular flexibility index (Phi) is 4.10. The standard InChI is InChI=1S/C21H21N3O/c1-15-6-4-7-16(14-15)11-12-20(25)24-13-5-10-19(24)21-22-17-8-2-3-9-18(17)23-21/h2-4,6-9,11-12,14,19H,5,10,13H2,1H3,(H,22,23)/b12-11+. The quantitative estimate of drug-likeness (QED) is 0.730. The van der Waals surface area contributed by atoms with Crippen molar-refractivity contribution < 1.29 is 4.79 Å². The highest BCUT2D eigenvalue weighted by Crippen LogP contribution is 2.31. The predicted octanol–water partition coefficient (Wildman–Crippen LogP) is 4.25. The van der Waals surface area contributed by atoms with E-state index in [1.807, 2.05) is 47.4 Å². The van der Waals surface area contributed by atoms with Crippen LogP contribution in [0.4, 0.5) is 0 Å². The van der Waals surface area contributed by atoms with E-state index in [1.54, 1.807) is 6.08 Å². The number of nitrogens with zero attached hydrogens (tertiary/aromatic N) is 2. The molecule has 2 aromatic carbocycles. The van der Waals surface area contributed by atoms with Gasteiger partial charge in [0.15, 0.2) is 0 Å². The minimum Gasteiger partial charge on any atom is -0.340 e. The van der Waals surface area contributed by atoms with Crippen LogP contribution in [-0.4, -0.2) is 27.3 Å². The van der Waals surface area contributed by atoms with Crippen LogP contribution in [0.1, 0.15) is 35.8 Å². The molecule has 4 nitrogen and oxygen atoms in total.